The van der Waals surface area contributed by atoms with Gasteiger partial charge in [0.05, 0.1) is 27.5 Å². The number of ether oxygens (including phenoxy) is 1. The van der Waals surface area contributed by atoms with Gasteiger partial charge in [-0.25, -0.2) is 0 Å². The Morgan fingerprint density at radius 3 is 2.83 bits per heavy atom. The number of nitrogens with one attached hydrogen (secondary N) is 1. The van der Waals surface area contributed by atoms with Crippen molar-refractivity contribution >= 4 is 34.6 Å². The number of benzene rings is 1. The van der Waals surface area contributed by atoms with Gasteiger partial charge in [0, 0.05) is 19.1 Å². The fraction of sp³-hybridized carbons (Fsp3) is 0.538. The lowest BCUT2D eigenvalue weighted by Gasteiger charge is -2.19. The second-order valence-electron chi connectivity index (χ2n) is 4.60. The lowest BCUT2D eigenvalue weighted by molar-refractivity contribution is 0.0900. The van der Waals surface area contributed by atoms with Crippen LogP contribution < -0.4 is 11.1 Å². The van der Waals surface area contributed by atoms with Crippen LogP contribution in [0.3, 0.4) is 0 Å². The summed E-state index contributed by atoms with van der Waals surface area (Å²) in [5.41, 5.74) is 7.37. The molecule has 18 heavy (non-hydrogen) atoms. The van der Waals surface area contributed by atoms with Gasteiger partial charge in [0.25, 0.3) is 0 Å². The molecule has 3 N–H and O–H groups in total. The molecule has 0 aliphatic carbocycles. The summed E-state index contributed by atoms with van der Waals surface area (Å²) in [6.45, 7) is 3.85. The minimum absolute atomic E-state index is 0.349. The molecule has 0 amide bonds. The van der Waals surface area contributed by atoms with Crippen LogP contribution in [0.15, 0.2) is 12.1 Å². The summed E-state index contributed by atoms with van der Waals surface area (Å²) in [6, 6.07) is 3.45. The standard InChI is InChI=1S/C13H18Cl2N2O/c1-2-13-8(3-4-18-13)7-17-12-6-10(15)9(14)5-11(12)16/h5-6,8,13,17H,2-4,7,16H2,1H3. The SMILES string of the molecule is CCC1OCCC1CNc1cc(Cl)c(Cl)cc1N. The van der Waals surface area contributed by atoms with Gasteiger partial charge < -0.3 is 15.8 Å². The van der Waals surface area contributed by atoms with E-state index in [2.05, 4.69) is 12.2 Å². The summed E-state index contributed by atoms with van der Waals surface area (Å²) in [4.78, 5) is 0. The molecule has 0 aromatic heterocycles. The molecule has 3 nitrogen and oxygen atoms in total. The van der Waals surface area contributed by atoms with Crippen molar-refractivity contribution in [3.63, 3.8) is 0 Å². The van der Waals surface area contributed by atoms with Crippen molar-refractivity contribution in [2.75, 3.05) is 24.2 Å². The van der Waals surface area contributed by atoms with Gasteiger partial charge in [0.15, 0.2) is 0 Å². The first-order chi connectivity index (χ1) is 8.61. The van der Waals surface area contributed by atoms with E-state index in [9.17, 15) is 0 Å². The molecule has 1 aliphatic heterocycles. The Morgan fingerprint density at radius 2 is 2.11 bits per heavy atom. The number of rotatable bonds is 4. The van der Waals surface area contributed by atoms with Crippen LogP contribution in [0.4, 0.5) is 11.4 Å². The van der Waals surface area contributed by atoms with Gasteiger partial charge in [-0.05, 0) is 25.0 Å². The highest BCUT2D eigenvalue weighted by Crippen LogP contribution is 2.31. The lowest BCUT2D eigenvalue weighted by atomic mass is 9.99. The smallest absolute Gasteiger partial charge is 0.0618 e. The first-order valence-electron chi connectivity index (χ1n) is 6.21. The maximum atomic E-state index is 5.98. The molecule has 2 atom stereocenters. The fourth-order valence-corrected chi connectivity index (χ4v) is 2.67. The van der Waals surface area contributed by atoms with Gasteiger partial charge in [-0.2, -0.15) is 0 Å². The minimum atomic E-state index is 0.349. The van der Waals surface area contributed by atoms with Crippen molar-refractivity contribution in [3.05, 3.63) is 22.2 Å². The van der Waals surface area contributed by atoms with E-state index < -0.39 is 0 Å². The molecule has 1 heterocycles. The van der Waals surface area contributed by atoms with Crippen molar-refractivity contribution in [3.8, 4) is 0 Å². The van der Waals surface area contributed by atoms with E-state index in [0.29, 0.717) is 27.8 Å². The molecule has 1 aromatic rings. The van der Waals surface area contributed by atoms with Crippen LogP contribution in [0.2, 0.25) is 10.0 Å². The molecule has 1 aromatic carbocycles. The van der Waals surface area contributed by atoms with Crippen LogP contribution in [0.5, 0.6) is 0 Å². The Morgan fingerprint density at radius 1 is 1.39 bits per heavy atom. The molecule has 0 radical (unpaired) electrons. The molecule has 1 aliphatic rings. The quantitative estimate of drug-likeness (QED) is 0.829. The third-order valence-corrected chi connectivity index (χ3v) is 4.12. The molecule has 100 valence electrons. The van der Waals surface area contributed by atoms with Crippen molar-refractivity contribution < 1.29 is 4.74 Å². The Balaban J connectivity index is 2.00. The number of hydrogen-bond donors (Lipinski definition) is 2. The molecular weight excluding hydrogens is 271 g/mol. The average Bonchev–Trinajstić information content (AvgIpc) is 2.79. The average molecular weight is 289 g/mol. The van der Waals surface area contributed by atoms with Crippen LogP contribution >= 0.6 is 23.2 Å². The van der Waals surface area contributed by atoms with Crippen LogP contribution in [-0.4, -0.2) is 19.3 Å². The van der Waals surface area contributed by atoms with Gasteiger partial charge in [-0.1, -0.05) is 30.1 Å². The fourth-order valence-electron chi connectivity index (χ4n) is 2.33. The van der Waals surface area contributed by atoms with Crippen LogP contribution in [-0.2, 0) is 4.74 Å². The third kappa shape index (κ3) is 3.02. The van der Waals surface area contributed by atoms with Gasteiger partial charge >= 0.3 is 0 Å². The molecule has 1 saturated heterocycles. The maximum Gasteiger partial charge on any atom is 0.0618 e. The number of hydrogen-bond acceptors (Lipinski definition) is 3. The Bertz CT molecular complexity index is 426. The van der Waals surface area contributed by atoms with Gasteiger partial charge in [-0.15, -0.1) is 0 Å². The molecular formula is C13H18Cl2N2O. The normalized spacial score (nSPS) is 23.3. The largest absolute Gasteiger partial charge is 0.397 e. The first-order valence-corrected chi connectivity index (χ1v) is 6.97. The number of nitrogen functional groups attached to an aromatic ring is 1. The summed E-state index contributed by atoms with van der Waals surface area (Å²) >= 11 is 11.9. The van der Waals surface area contributed by atoms with Crippen molar-refractivity contribution in [1.29, 1.82) is 0 Å². The zero-order valence-electron chi connectivity index (χ0n) is 10.4. The summed E-state index contributed by atoms with van der Waals surface area (Å²) < 4.78 is 5.66. The van der Waals surface area contributed by atoms with E-state index in [4.69, 9.17) is 33.7 Å². The summed E-state index contributed by atoms with van der Waals surface area (Å²) in [5, 5.41) is 4.34. The summed E-state index contributed by atoms with van der Waals surface area (Å²) in [5.74, 6) is 0.531. The highest BCUT2D eigenvalue weighted by atomic mass is 35.5. The zero-order valence-corrected chi connectivity index (χ0v) is 11.9. The van der Waals surface area contributed by atoms with E-state index in [1.807, 2.05) is 0 Å². The second-order valence-corrected chi connectivity index (χ2v) is 5.42. The van der Waals surface area contributed by atoms with Crippen LogP contribution in [0.1, 0.15) is 19.8 Å². The van der Waals surface area contributed by atoms with E-state index in [1.165, 1.54) is 0 Å². The van der Waals surface area contributed by atoms with Crippen molar-refractivity contribution in [1.82, 2.24) is 0 Å². The van der Waals surface area contributed by atoms with E-state index in [-0.39, 0.29) is 0 Å². The molecule has 2 rings (SSSR count). The van der Waals surface area contributed by atoms with E-state index in [1.54, 1.807) is 12.1 Å². The van der Waals surface area contributed by atoms with Crippen molar-refractivity contribution in [2.45, 2.75) is 25.9 Å². The molecule has 2 unspecified atom stereocenters. The number of nitrogens with two attached hydrogens (primary N) is 1. The maximum absolute atomic E-state index is 5.98. The topological polar surface area (TPSA) is 47.3 Å². The zero-order chi connectivity index (χ0) is 13.1. The molecule has 0 spiro atoms. The number of halogens is 2. The first kappa shape index (κ1) is 13.8. The summed E-state index contributed by atoms with van der Waals surface area (Å²) in [7, 11) is 0. The van der Waals surface area contributed by atoms with Crippen molar-refractivity contribution in [2.24, 2.45) is 5.92 Å². The highest BCUT2D eigenvalue weighted by molar-refractivity contribution is 6.42. The molecule has 5 heteroatoms. The van der Waals surface area contributed by atoms with Gasteiger partial charge in [0.1, 0.15) is 0 Å². The molecule has 0 saturated carbocycles. The highest BCUT2D eigenvalue weighted by Gasteiger charge is 2.26. The Labute approximate surface area is 118 Å². The third-order valence-electron chi connectivity index (χ3n) is 3.40. The van der Waals surface area contributed by atoms with Crippen LogP contribution in [0.25, 0.3) is 0 Å². The van der Waals surface area contributed by atoms with Crippen LogP contribution in [0, 0.1) is 5.92 Å². The number of anilines is 2. The monoisotopic (exact) mass is 288 g/mol. The van der Waals surface area contributed by atoms with E-state index in [0.717, 1.165) is 31.7 Å². The predicted molar refractivity (Wildman–Crippen MR) is 77.5 cm³/mol. The summed E-state index contributed by atoms with van der Waals surface area (Å²) in [6.07, 6.45) is 2.48. The second kappa shape index (κ2) is 6.00. The van der Waals surface area contributed by atoms with E-state index >= 15 is 0 Å². The van der Waals surface area contributed by atoms with Gasteiger partial charge in [-0.3, -0.25) is 0 Å². The Kier molecular flexibility index (Phi) is 4.60. The minimum Gasteiger partial charge on any atom is -0.397 e. The molecule has 1 fully saturated rings. The lowest BCUT2D eigenvalue weighted by Crippen LogP contribution is -2.23. The Hall–Kier alpha value is -0.640. The van der Waals surface area contributed by atoms with Gasteiger partial charge in [0.2, 0.25) is 0 Å². The molecule has 0 bridgehead atoms. The predicted octanol–water partition coefficient (Wildman–Crippen LogP) is 3.80.